The molecule has 60 heavy (non-hydrogen) atoms. The SMILES string of the molecule is CCOC(=O)c1c(OCC2(CNC(=O)OC(C)(C)C)CC2)cnc2cccnc12.CCc1nc2cccnc2cc1O.O=C(N=NC(=O)N1CCCCC1)N1CCCCC1. The number of nitrogens with zero attached hydrogens (tertiary/aromatic N) is 8. The van der Waals surface area contributed by atoms with Gasteiger partial charge in [-0.05, 0) is 110 Å². The largest absolute Gasteiger partial charge is 0.506 e. The van der Waals surface area contributed by atoms with Crippen LogP contribution < -0.4 is 10.1 Å². The minimum Gasteiger partial charge on any atom is -0.506 e. The van der Waals surface area contributed by atoms with Crippen molar-refractivity contribution < 1.29 is 38.5 Å². The number of pyridine rings is 4. The predicted octanol–water partition coefficient (Wildman–Crippen LogP) is 8.04. The Bertz CT molecular complexity index is 2090. The number of hydrogen-bond acceptors (Lipinski definition) is 12. The van der Waals surface area contributed by atoms with Crippen LogP contribution in [0.3, 0.4) is 0 Å². The third kappa shape index (κ3) is 13.3. The quantitative estimate of drug-likeness (QED) is 0.128. The molecule has 4 aromatic rings. The first-order valence-electron chi connectivity index (χ1n) is 20.7. The van der Waals surface area contributed by atoms with Gasteiger partial charge in [-0.2, -0.15) is 0 Å². The molecular formula is C43H57N9O8. The molecule has 2 N–H and O–H groups in total. The molecule has 2 aliphatic heterocycles. The number of carbonyl (C=O) groups excluding carboxylic acids is 4. The smallest absolute Gasteiger partial charge is 0.407 e. The van der Waals surface area contributed by atoms with E-state index in [4.69, 9.17) is 14.2 Å². The normalized spacial score (nSPS) is 15.9. The number of amides is 5. The number of hydrogen-bond donors (Lipinski definition) is 2. The highest BCUT2D eigenvalue weighted by Crippen LogP contribution is 2.45. The molecule has 7 rings (SSSR count). The van der Waals surface area contributed by atoms with Crippen LogP contribution in [-0.2, 0) is 15.9 Å². The molecule has 3 aliphatic rings. The fraction of sp³-hybridized carbons (Fsp3) is 0.535. The summed E-state index contributed by atoms with van der Waals surface area (Å²) in [6, 6.07) is 8.17. The van der Waals surface area contributed by atoms with Gasteiger partial charge in [0.1, 0.15) is 22.4 Å². The Balaban J connectivity index is 0.000000187. The predicted molar refractivity (Wildman–Crippen MR) is 224 cm³/mol. The first-order valence-corrected chi connectivity index (χ1v) is 20.7. The monoisotopic (exact) mass is 827 g/mol. The van der Waals surface area contributed by atoms with Gasteiger partial charge in [-0.3, -0.25) is 15.0 Å². The molecule has 0 radical (unpaired) electrons. The molecule has 17 heteroatoms. The maximum atomic E-state index is 12.5. The summed E-state index contributed by atoms with van der Waals surface area (Å²) in [6.45, 7) is 13.1. The van der Waals surface area contributed by atoms with Gasteiger partial charge in [0.05, 0.1) is 41.7 Å². The highest BCUT2D eigenvalue weighted by Gasteiger charge is 2.44. The Morgan fingerprint density at radius 1 is 0.833 bits per heavy atom. The van der Waals surface area contributed by atoms with Crippen LogP contribution in [0.2, 0.25) is 0 Å². The van der Waals surface area contributed by atoms with E-state index in [0.29, 0.717) is 29.9 Å². The van der Waals surface area contributed by atoms with Crippen LogP contribution in [0.1, 0.15) is 102 Å². The lowest BCUT2D eigenvalue weighted by Crippen LogP contribution is -2.37. The van der Waals surface area contributed by atoms with Gasteiger partial charge in [0.15, 0.2) is 5.75 Å². The summed E-state index contributed by atoms with van der Waals surface area (Å²) in [7, 11) is 0. The van der Waals surface area contributed by atoms with E-state index in [-0.39, 0.29) is 35.4 Å². The lowest BCUT2D eigenvalue weighted by atomic mass is 10.1. The van der Waals surface area contributed by atoms with Crippen molar-refractivity contribution in [3.05, 3.63) is 60.2 Å². The lowest BCUT2D eigenvalue weighted by molar-refractivity contribution is 0.0509. The Morgan fingerprint density at radius 2 is 1.43 bits per heavy atom. The number of nitrogens with one attached hydrogen (secondary N) is 1. The number of piperidine rings is 2. The van der Waals surface area contributed by atoms with Gasteiger partial charge < -0.3 is 34.4 Å². The van der Waals surface area contributed by atoms with Crippen molar-refractivity contribution in [3.63, 3.8) is 0 Å². The number of likely N-dealkylation sites (tertiary alicyclic amines) is 2. The number of esters is 1. The Morgan fingerprint density at radius 3 is 2.00 bits per heavy atom. The van der Waals surface area contributed by atoms with E-state index in [1.54, 1.807) is 47.3 Å². The lowest BCUT2D eigenvalue weighted by Gasteiger charge is -2.25. The summed E-state index contributed by atoms with van der Waals surface area (Å²) in [5.41, 5.74) is 2.87. The highest BCUT2D eigenvalue weighted by molar-refractivity contribution is 6.04. The Labute approximate surface area is 350 Å². The van der Waals surface area contributed by atoms with Crippen LogP contribution in [0.4, 0.5) is 14.4 Å². The first-order chi connectivity index (χ1) is 28.8. The molecule has 1 aliphatic carbocycles. The topological polar surface area (TPSA) is 211 Å². The fourth-order valence-corrected chi connectivity index (χ4v) is 6.54. The minimum absolute atomic E-state index is 0.179. The number of fused-ring (bicyclic) bond motifs is 2. The molecule has 4 aromatic heterocycles. The number of ether oxygens (including phenoxy) is 3. The zero-order chi connectivity index (χ0) is 43.1. The second-order valence-electron chi connectivity index (χ2n) is 15.9. The summed E-state index contributed by atoms with van der Waals surface area (Å²) in [5.74, 6) is 0.0669. The van der Waals surface area contributed by atoms with Gasteiger partial charge in [-0.1, -0.05) is 17.2 Å². The van der Waals surface area contributed by atoms with Crippen molar-refractivity contribution in [2.75, 3.05) is 45.9 Å². The van der Waals surface area contributed by atoms with Crippen molar-refractivity contribution >= 4 is 46.2 Å². The summed E-state index contributed by atoms with van der Waals surface area (Å²) in [5, 5.41) is 19.4. The number of azo groups is 1. The van der Waals surface area contributed by atoms with E-state index < -0.39 is 17.7 Å². The van der Waals surface area contributed by atoms with E-state index in [9.17, 15) is 24.3 Å². The number of urea groups is 2. The molecule has 5 amide bonds. The average Bonchev–Trinajstić information content (AvgIpc) is 4.04. The number of aromatic nitrogens is 4. The molecule has 0 atom stereocenters. The number of rotatable bonds is 8. The van der Waals surface area contributed by atoms with Gasteiger partial charge in [0, 0.05) is 56.6 Å². The molecule has 0 unspecified atom stereocenters. The molecule has 3 fully saturated rings. The van der Waals surface area contributed by atoms with E-state index in [1.165, 1.54) is 6.20 Å². The molecule has 0 bridgehead atoms. The van der Waals surface area contributed by atoms with Gasteiger partial charge in [-0.25, -0.2) is 24.2 Å². The highest BCUT2D eigenvalue weighted by atomic mass is 16.6. The van der Waals surface area contributed by atoms with Gasteiger partial charge in [0.25, 0.3) is 0 Å². The van der Waals surface area contributed by atoms with E-state index in [1.807, 2.05) is 39.8 Å². The summed E-state index contributed by atoms with van der Waals surface area (Å²) in [6.07, 6.45) is 13.3. The second kappa shape index (κ2) is 21.3. The zero-order valence-electron chi connectivity index (χ0n) is 35.3. The number of alkyl carbamates (subject to hydrolysis) is 1. The van der Waals surface area contributed by atoms with Crippen LogP contribution in [0.15, 0.2) is 59.2 Å². The van der Waals surface area contributed by atoms with Crippen LogP contribution in [0.5, 0.6) is 11.5 Å². The molecular weight excluding hydrogens is 771 g/mol. The van der Waals surface area contributed by atoms with Crippen molar-refractivity contribution in [1.82, 2.24) is 35.1 Å². The first kappa shape index (κ1) is 45.1. The van der Waals surface area contributed by atoms with Gasteiger partial charge >= 0.3 is 24.1 Å². The second-order valence-corrected chi connectivity index (χ2v) is 15.9. The average molecular weight is 828 g/mol. The molecule has 17 nitrogen and oxygen atoms in total. The van der Waals surface area contributed by atoms with E-state index in [2.05, 4.69) is 35.5 Å². The standard InChI is InChI=1S/C21H27N3O5.C12H20N4O2.C10H10N2O/c1-5-27-18(25)16-15(11-23-14-7-6-10-22-17(14)16)28-13-21(8-9-21)12-24-19(26)29-20(2,3)4;17-11(15-7-3-1-4-8-15)13-14-12(18)16-9-5-2-6-10-16;1-2-7-10(13)6-9-8(12-7)4-3-5-11-9/h6-7,10-11H,5,8-9,12-13H2,1-4H3,(H,24,26);1-10H2;3-6,13H,2H2,1H3. The van der Waals surface area contributed by atoms with Crippen LogP contribution >= 0.6 is 0 Å². The molecule has 1 saturated carbocycles. The van der Waals surface area contributed by atoms with Crippen molar-refractivity contribution in [2.24, 2.45) is 15.6 Å². The van der Waals surface area contributed by atoms with Crippen LogP contribution in [-0.4, -0.2) is 111 Å². The van der Waals surface area contributed by atoms with Crippen molar-refractivity contribution in [3.8, 4) is 11.5 Å². The van der Waals surface area contributed by atoms with Gasteiger partial charge in [0.2, 0.25) is 0 Å². The summed E-state index contributed by atoms with van der Waals surface area (Å²) in [4.78, 5) is 68.1. The fourth-order valence-electron chi connectivity index (χ4n) is 6.54. The number of carbonyl (C=O) groups is 4. The van der Waals surface area contributed by atoms with Crippen LogP contribution in [0, 0.1) is 5.41 Å². The molecule has 0 aromatic carbocycles. The van der Waals surface area contributed by atoms with Crippen molar-refractivity contribution in [1.29, 1.82) is 0 Å². The Hall–Kier alpha value is -6.00. The minimum atomic E-state index is -0.546. The molecule has 6 heterocycles. The van der Waals surface area contributed by atoms with Gasteiger partial charge in [-0.15, -0.1) is 0 Å². The summed E-state index contributed by atoms with van der Waals surface area (Å²) >= 11 is 0. The number of aromatic hydroxyl groups is 1. The van der Waals surface area contributed by atoms with Crippen molar-refractivity contribution in [2.45, 2.75) is 98.0 Å². The Kier molecular flexibility index (Phi) is 16.0. The maximum Gasteiger partial charge on any atom is 0.407 e. The van der Waals surface area contributed by atoms with E-state index in [0.717, 1.165) is 101 Å². The third-order valence-corrected chi connectivity index (χ3v) is 10.0. The number of aryl methyl sites for hydroxylation is 1. The summed E-state index contributed by atoms with van der Waals surface area (Å²) < 4.78 is 16.4. The zero-order valence-corrected chi connectivity index (χ0v) is 35.3. The molecule has 322 valence electrons. The maximum absolute atomic E-state index is 12.5. The third-order valence-electron chi connectivity index (χ3n) is 10.0. The van der Waals surface area contributed by atoms with E-state index >= 15 is 0 Å². The van der Waals surface area contributed by atoms with Crippen LogP contribution in [0.25, 0.3) is 22.1 Å². The molecule has 0 spiro atoms. The molecule has 2 saturated heterocycles.